The topological polar surface area (TPSA) is 71.3 Å². The molecule has 0 unspecified atom stereocenters. The summed E-state index contributed by atoms with van der Waals surface area (Å²) in [5.41, 5.74) is 0. The van der Waals surface area contributed by atoms with Crippen LogP contribution in [-0.4, -0.2) is 48.8 Å². The fraction of sp³-hybridized carbons (Fsp3) is 0.955. The molecule has 1 heterocycles. The molecular weight excluding hydrogens is 396 g/mol. The van der Waals surface area contributed by atoms with Gasteiger partial charge >= 0.3 is 8.80 Å². The van der Waals surface area contributed by atoms with Crippen LogP contribution in [0, 0.1) is 0 Å². The molecule has 0 N–H and O–H groups in total. The summed E-state index contributed by atoms with van der Waals surface area (Å²) in [6.45, 7) is 10.9. The zero-order valence-electron chi connectivity index (χ0n) is 20.0. The molecule has 1 aromatic rings. The molecule has 0 aliphatic heterocycles. The summed E-state index contributed by atoms with van der Waals surface area (Å²) in [6.07, 6.45) is 15.2. The molecular formula is C22H46N4O3Si. The third-order valence-corrected chi connectivity index (χ3v) is 8.46. The van der Waals surface area contributed by atoms with Crippen molar-refractivity contribution >= 4 is 8.80 Å². The van der Waals surface area contributed by atoms with Crippen LogP contribution in [0.5, 0.6) is 0 Å². The Morgan fingerprint density at radius 3 is 1.77 bits per heavy atom. The Hall–Kier alpha value is -0.833. The van der Waals surface area contributed by atoms with Crippen LogP contribution in [0.1, 0.15) is 104 Å². The van der Waals surface area contributed by atoms with Crippen molar-refractivity contribution < 1.29 is 13.3 Å². The Bertz CT molecular complexity index is 499. The van der Waals surface area contributed by atoms with Gasteiger partial charge in [-0.05, 0) is 44.0 Å². The van der Waals surface area contributed by atoms with Crippen molar-refractivity contribution in [3.63, 3.8) is 0 Å². The van der Waals surface area contributed by atoms with Gasteiger partial charge in [0, 0.05) is 38.8 Å². The lowest BCUT2D eigenvalue weighted by Crippen LogP contribution is -2.46. The minimum atomic E-state index is -2.58. The summed E-state index contributed by atoms with van der Waals surface area (Å²) < 4.78 is 19.7. The van der Waals surface area contributed by atoms with Gasteiger partial charge < -0.3 is 13.3 Å². The molecule has 0 aliphatic carbocycles. The van der Waals surface area contributed by atoms with E-state index in [-0.39, 0.29) is 0 Å². The molecule has 0 spiro atoms. The molecule has 0 aromatic carbocycles. The molecule has 8 heteroatoms. The van der Waals surface area contributed by atoms with E-state index >= 15 is 0 Å². The predicted molar refractivity (Wildman–Crippen MR) is 123 cm³/mol. The summed E-state index contributed by atoms with van der Waals surface area (Å²) in [5, 5.41) is 12.3. The number of nitrogens with zero attached hydrogens (tertiary/aromatic N) is 4. The maximum Gasteiger partial charge on any atom is 0.500 e. The van der Waals surface area contributed by atoms with Gasteiger partial charge in [-0.1, -0.05) is 64.7 Å². The van der Waals surface area contributed by atoms with Crippen LogP contribution in [-0.2, 0) is 26.2 Å². The van der Waals surface area contributed by atoms with Gasteiger partial charge in [0.1, 0.15) is 0 Å². The van der Waals surface area contributed by atoms with Gasteiger partial charge in [0.05, 0.1) is 0 Å². The van der Waals surface area contributed by atoms with Gasteiger partial charge in [-0.25, -0.2) is 4.68 Å². The van der Waals surface area contributed by atoms with E-state index in [9.17, 15) is 0 Å². The van der Waals surface area contributed by atoms with Gasteiger partial charge in [0.15, 0.2) is 5.82 Å². The number of hydrogen-bond donors (Lipinski definition) is 0. The first-order valence-electron chi connectivity index (χ1n) is 12.4. The fourth-order valence-corrected chi connectivity index (χ4v) is 6.39. The van der Waals surface area contributed by atoms with E-state index in [4.69, 9.17) is 13.3 Å². The van der Waals surface area contributed by atoms with Gasteiger partial charge in [-0.3, -0.25) is 0 Å². The first kappa shape index (κ1) is 27.2. The summed E-state index contributed by atoms with van der Waals surface area (Å²) in [7, 11) is -2.58. The van der Waals surface area contributed by atoms with E-state index in [1.165, 1.54) is 57.8 Å². The normalized spacial score (nSPS) is 12.0. The van der Waals surface area contributed by atoms with Gasteiger partial charge in [0.2, 0.25) is 0 Å². The molecule has 0 atom stereocenters. The Labute approximate surface area is 185 Å². The molecule has 0 saturated heterocycles. The molecule has 0 amide bonds. The highest BCUT2D eigenvalue weighted by Crippen LogP contribution is 2.19. The summed E-state index contributed by atoms with van der Waals surface area (Å²) in [5.74, 6) is 0.992. The maximum atomic E-state index is 5.93. The highest BCUT2D eigenvalue weighted by Gasteiger charge is 2.39. The summed E-state index contributed by atoms with van der Waals surface area (Å²) in [4.78, 5) is 0. The molecule has 30 heavy (non-hydrogen) atoms. The van der Waals surface area contributed by atoms with Crippen LogP contribution in [0.15, 0.2) is 0 Å². The van der Waals surface area contributed by atoms with Crippen LogP contribution in [0.25, 0.3) is 0 Å². The first-order chi connectivity index (χ1) is 14.7. The molecule has 1 aromatic heterocycles. The number of rotatable bonds is 21. The monoisotopic (exact) mass is 442 g/mol. The van der Waals surface area contributed by atoms with Crippen LogP contribution >= 0.6 is 0 Å². The molecule has 0 saturated carbocycles. The third kappa shape index (κ3) is 11.5. The van der Waals surface area contributed by atoms with E-state index in [1.54, 1.807) is 0 Å². The predicted octanol–water partition coefficient (Wildman–Crippen LogP) is 5.58. The smallest absolute Gasteiger partial charge is 0.374 e. The Morgan fingerprint density at radius 1 is 0.700 bits per heavy atom. The van der Waals surface area contributed by atoms with Crippen LogP contribution in [0.2, 0.25) is 6.04 Å². The molecule has 0 bridgehead atoms. The highest BCUT2D eigenvalue weighted by molar-refractivity contribution is 6.60. The molecule has 7 nitrogen and oxygen atoms in total. The second-order valence-electron chi connectivity index (χ2n) is 7.84. The lowest BCUT2D eigenvalue weighted by Gasteiger charge is -2.28. The molecule has 0 aliphatic rings. The SMILES string of the molecule is CCCCCCCCCCCCc1nnnn1CCC[Si](OCC)(OCC)OCC. The van der Waals surface area contributed by atoms with Crippen LogP contribution in [0.3, 0.4) is 0 Å². The van der Waals surface area contributed by atoms with E-state index in [0.29, 0.717) is 19.8 Å². The largest absolute Gasteiger partial charge is 0.500 e. The summed E-state index contributed by atoms with van der Waals surface area (Å²) >= 11 is 0. The van der Waals surface area contributed by atoms with Crippen LogP contribution in [0.4, 0.5) is 0 Å². The lowest BCUT2D eigenvalue weighted by atomic mass is 10.1. The van der Waals surface area contributed by atoms with Crippen molar-refractivity contribution in [3.05, 3.63) is 5.82 Å². The fourth-order valence-electron chi connectivity index (χ4n) is 3.79. The molecule has 1 rings (SSSR count). The number of aromatic nitrogens is 4. The van der Waals surface area contributed by atoms with E-state index < -0.39 is 8.80 Å². The minimum absolute atomic E-state index is 0.612. The average Bonchev–Trinajstić information content (AvgIpc) is 3.17. The van der Waals surface area contributed by atoms with Gasteiger partial charge in [-0.15, -0.1) is 5.10 Å². The number of aryl methyl sites for hydroxylation is 2. The quantitative estimate of drug-likeness (QED) is 0.183. The third-order valence-electron chi connectivity index (χ3n) is 5.31. The Morgan fingerprint density at radius 2 is 1.23 bits per heavy atom. The van der Waals surface area contributed by atoms with Crippen molar-refractivity contribution in [2.45, 2.75) is 117 Å². The molecule has 176 valence electrons. The summed E-state index contributed by atoms with van der Waals surface area (Å²) in [6, 6.07) is 0.792. The van der Waals surface area contributed by atoms with Gasteiger partial charge in [-0.2, -0.15) is 0 Å². The highest BCUT2D eigenvalue weighted by atomic mass is 28.4. The zero-order valence-corrected chi connectivity index (χ0v) is 21.0. The van der Waals surface area contributed by atoms with Crippen molar-refractivity contribution in [3.8, 4) is 0 Å². The lowest BCUT2D eigenvalue weighted by molar-refractivity contribution is 0.0704. The van der Waals surface area contributed by atoms with Crippen LogP contribution < -0.4 is 0 Å². The standard InChI is InChI=1S/C22H46N4O3Si/c1-5-9-10-11-12-13-14-15-16-17-19-22-23-24-25-26(22)20-18-21-30(27-6-2,28-7-3)29-8-4/h5-21H2,1-4H3. The first-order valence-corrected chi connectivity index (χ1v) is 14.3. The Balaban J connectivity index is 2.26. The Kier molecular flexibility index (Phi) is 16.1. The zero-order chi connectivity index (χ0) is 21.9. The maximum absolute atomic E-state index is 5.93. The molecule has 0 fully saturated rings. The van der Waals surface area contributed by atoms with Gasteiger partial charge in [0.25, 0.3) is 0 Å². The van der Waals surface area contributed by atoms with Crippen molar-refractivity contribution in [1.29, 1.82) is 0 Å². The number of unbranched alkanes of at least 4 members (excludes halogenated alkanes) is 9. The minimum Gasteiger partial charge on any atom is -0.374 e. The van der Waals surface area contributed by atoms with E-state index in [0.717, 1.165) is 37.7 Å². The average molecular weight is 443 g/mol. The second-order valence-corrected chi connectivity index (χ2v) is 10.6. The number of hydrogen-bond acceptors (Lipinski definition) is 6. The van der Waals surface area contributed by atoms with Crippen molar-refractivity contribution in [2.24, 2.45) is 0 Å². The van der Waals surface area contributed by atoms with E-state index in [2.05, 4.69) is 22.4 Å². The second kappa shape index (κ2) is 17.8. The van der Waals surface area contributed by atoms with E-state index in [1.807, 2.05) is 25.5 Å². The van der Waals surface area contributed by atoms with Crippen molar-refractivity contribution in [2.75, 3.05) is 19.8 Å². The molecule has 0 radical (unpaired) electrons. The van der Waals surface area contributed by atoms with Crippen molar-refractivity contribution in [1.82, 2.24) is 20.2 Å². The number of tetrazole rings is 1.